The van der Waals surface area contributed by atoms with E-state index in [4.69, 9.17) is 4.74 Å². The largest absolute Gasteiger partial charge is 0.493 e. The molecule has 2 aromatic rings. The summed E-state index contributed by atoms with van der Waals surface area (Å²) in [5.41, 5.74) is 1.26. The number of ether oxygens (including phenoxy) is 1. The van der Waals surface area contributed by atoms with Crippen LogP contribution in [0.3, 0.4) is 0 Å². The van der Waals surface area contributed by atoms with Gasteiger partial charge in [0.2, 0.25) is 0 Å². The van der Waals surface area contributed by atoms with Gasteiger partial charge in [-0.25, -0.2) is 0 Å². The molecule has 1 N–H and O–H groups in total. The van der Waals surface area contributed by atoms with Gasteiger partial charge in [0.25, 0.3) is 0 Å². The molecule has 3 heteroatoms. The number of rotatable bonds is 6. The maximum absolute atomic E-state index is 5.63. The van der Waals surface area contributed by atoms with E-state index in [2.05, 4.69) is 34.3 Å². The Hall–Kier alpha value is -1.48. The van der Waals surface area contributed by atoms with Crippen LogP contribution >= 0.6 is 0 Å². The highest BCUT2D eigenvalue weighted by molar-refractivity contribution is 5.86. The molecule has 0 aliphatic carbocycles. The van der Waals surface area contributed by atoms with Crippen molar-refractivity contribution < 1.29 is 4.74 Å². The van der Waals surface area contributed by atoms with E-state index in [1.165, 1.54) is 10.9 Å². The Morgan fingerprint density at radius 2 is 2.18 bits per heavy atom. The fourth-order valence-corrected chi connectivity index (χ4v) is 2.10. The van der Waals surface area contributed by atoms with Gasteiger partial charge >= 0.3 is 0 Å². The molecular formula is C14H20N2O. The Labute approximate surface area is 102 Å². The third kappa shape index (κ3) is 2.61. The van der Waals surface area contributed by atoms with Crippen molar-refractivity contribution in [1.29, 1.82) is 0 Å². The van der Waals surface area contributed by atoms with Crippen molar-refractivity contribution in [2.45, 2.75) is 19.9 Å². The van der Waals surface area contributed by atoms with Gasteiger partial charge in [-0.05, 0) is 45.1 Å². The number of nitrogens with one attached hydrogen (secondary N) is 1. The number of nitrogens with zero attached hydrogens (tertiary/aromatic N) is 1. The average molecular weight is 232 g/mol. The lowest BCUT2D eigenvalue weighted by molar-refractivity contribution is 0.344. The summed E-state index contributed by atoms with van der Waals surface area (Å²) in [6.07, 6.45) is 3.28. The van der Waals surface area contributed by atoms with Gasteiger partial charge < -0.3 is 14.6 Å². The maximum Gasteiger partial charge on any atom is 0.128 e. The molecule has 0 unspecified atom stereocenters. The van der Waals surface area contributed by atoms with Gasteiger partial charge in [0.05, 0.1) is 12.1 Å². The molecule has 1 aromatic carbocycles. The first kappa shape index (κ1) is 12.0. The lowest BCUT2D eigenvalue weighted by Gasteiger charge is -2.07. The van der Waals surface area contributed by atoms with E-state index in [0.29, 0.717) is 6.61 Å². The maximum atomic E-state index is 5.63. The van der Waals surface area contributed by atoms with E-state index in [1.807, 2.05) is 20.0 Å². The SMILES string of the molecule is CCOc1cccc2c1ccn2CCCNC. The first-order chi connectivity index (χ1) is 8.36. The fourth-order valence-electron chi connectivity index (χ4n) is 2.10. The van der Waals surface area contributed by atoms with Crippen LogP contribution in [0.2, 0.25) is 0 Å². The number of benzene rings is 1. The van der Waals surface area contributed by atoms with Gasteiger partial charge in [-0.1, -0.05) is 6.07 Å². The van der Waals surface area contributed by atoms with Crippen LogP contribution in [0.1, 0.15) is 13.3 Å². The summed E-state index contributed by atoms with van der Waals surface area (Å²) < 4.78 is 7.92. The van der Waals surface area contributed by atoms with Gasteiger partial charge in [-0.15, -0.1) is 0 Å². The molecule has 0 amide bonds. The molecule has 92 valence electrons. The van der Waals surface area contributed by atoms with Crippen molar-refractivity contribution in [1.82, 2.24) is 9.88 Å². The second-order valence-electron chi connectivity index (χ2n) is 4.09. The van der Waals surface area contributed by atoms with Crippen LogP contribution in [0, 0.1) is 0 Å². The third-order valence-electron chi connectivity index (χ3n) is 2.90. The molecule has 0 radical (unpaired) electrons. The highest BCUT2D eigenvalue weighted by Crippen LogP contribution is 2.26. The molecule has 0 saturated heterocycles. The molecule has 3 nitrogen and oxygen atoms in total. The fraction of sp³-hybridized carbons (Fsp3) is 0.429. The molecule has 0 saturated carbocycles. The summed E-state index contributed by atoms with van der Waals surface area (Å²) in [6.45, 7) is 4.82. The highest BCUT2D eigenvalue weighted by atomic mass is 16.5. The summed E-state index contributed by atoms with van der Waals surface area (Å²) in [5, 5.41) is 4.38. The van der Waals surface area contributed by atoms with Crippen molar-refractivity contribution in [3.05, 3.63) is 30.5 Å². The summed E-state index contributed by atoms with van der Waals surface area (Å²) >= 11 is 0. The molecule has 1 heterocycles. The number of fused-ring (bicyclic) bond motifs is 1. The standard InChI is InChI=1S/C14H20N2O/c1-3-17-14-7-4-6-13-12(14)8-11-16(13)10-5-9-15-2/h4,6-8,11,15H,3,5,9-10H2,1-2H3. The lowest BCUT2D eigenvalue weighted by Crippen LogP contribution is -2.10. The number of hydrogen-bond donors (Lipinski definition) is 1. The van der Waals surface area contributed by atoms with Crippen LogP contribution in [0.15, 0.2) is 30.5 Å². The van der Waals surface area contributed by atoms with Gasteiger partial charge in [-0.3, -0.25) is 0 Å². The average Bonchev–Trinajstić information content (AvgIpc) is 2.75. The smallest absolute Gasteiger partial charge is 0.128 e. The molecule has 1 aromatic heterocycles. The Kier molecular flexibility index (Phi) is 4.04. The van der Waals surface area contributed by atoms with Crippen LogP contribution in [0.5, 0.6) is 5.75 Å². The van der Waals surface area contributed by atoms with E-state index in [-0.39, 0.29) is 0 Å². The molecule has 0 spiro atoms. The minimum absolute atomic E-state index is 0.712. The van der Waals surface area contributed by atoms with E-state index in [0.717, 1.165) is 25.3 Å². The first-order valence-corrected chi connectivity index (χ1v) is 6.22. The predicted molar refractivity (Wildman–Crippen MR) is 71.7 cm³/mol. The Morgan fingerprint density at radius 1 is 1.29 bits per heavy atom. The Morgan fingerprint density at radius 3 is 2.94 bits per heavy atom. The minimum atomic E-state index is 0.712. The van der Waals surface area contributed by atoms with Gasteiger partial charge in [0.15, 0.2) is 0 Å². The quantitative estimate of drug-likeness (QED) is 0.775. The van der Waals surface area contributed by atoms with Crippen molar-refractivity contribution in [3.8, 4) is 5.75 Å². The molecular weight excluding hydrogens is 212 g/mol. The minimum Gasteiger partial charge on any atom is -0.493 e. The Balaban J connectivity index is 2.24. The van der Waals surface area contributed by atoms with Crippen LogP contribution in [0.4, 0.5) is 0 Å². The van der Waals surface area contributed by atoms with Gasteiger partial charge in [0, 0.05) is 18.1 Å². The highest BCUT2D eigenvalue weighted by Gasteiger charge is 2.05. The van der Waals surface area contributed by atoms with Gasteiger partial charge in [0.1, 0.15) is 5.75 Å². The van der Waals surface area contributed by atoms with Crippen molar-refractivity contribution >= 4 is 10.9 Å². The van der Waals surface area contributed by atoms with Crippen molar-refractivity contribution in [2.75, 3.05) is 20.2 Å². The third-order valence-corrected chi connectivity index (χ3v) is 2.90. The zero-order valence-electron chi connectivity index (χ0n) is 10.6. The molecule has 0 bridgehead atoms. The number of aryl methyl sites for hydroxylation is 1. The summed E-state index contributed by atoms with van der Waals surface area (Å²) in [7, 11) is 1.99. The van der Waals surface area contributed by atoms with Crippen molar-refractivity contribution in [2.24, 2.45) is 0 Å². The zero-order chi connectivity index (χ0) is 12.1. The summed E-state index contributed by atoms with van der Waals surface area (Å²) in [5.74, 6) is 0.984. The second-order valence-corrected chi connectivity index (χ2v) is 4.09. The van der Waals surface area contributed by atoms with E-state index < -0.39 is 0 Å². The van der Waals surface area contributed by atoms with E-state index in [1.54, 1.807) is 0 Å². The number of hydrogen-bond acceptors (Lipinski definition) is 2. The molecule has 17 heavy (non-hydrogen) atoms. The van der Waals surface area contributed by atoms with Crippen LogP contribution < -0.4 is 10.1 Å². The normalized spacial score (nSPS) is 10.9. The topological polar surface area (TPSA) is 26.2 Å². The molecule has 0 aliphatic rings. The summed E-state index contributed by atoms with van der Waals surface area (Å²) in [6, 6.07) is 8.38. The first-order valence-electron chi connectivity index (χ1n) is 6.22. The van der Waals surface area contributed by atoms with Crippen LogP contribution in [-0.4, -0.2) is 24.8 Å². The molecule has 0 aliphatic heterocycles. The molecule has 2 rings (SSSR count). The molecule has 0 fully saturated rings. The van der Waals surface area contributed by atoms with E-state index >= 15 is 0 Å². The van der Waals surface area contributed by atoms with Crippen LogP contribution in [-0.2, 0) is 6.54 Å². The summed E-state index contributed by atoms with van der Waals surface area (Å²) in [4.78, 5) is 0. The van der Waals surface area contributed by atoms with Crippen LogP contribution in [0.25, 0.3) is 10.9 Å². The van der Waals surface area contributed by atoms with E-state index in [9.17, 15) is 0 Å². The molecule has 0 atom stereocenters. The number of aromatic nitrogens is 1. The predicted octanol–water partition coefficient (Wildman–Crippen LogP) is 2.65. The zero-order valence-corrected chi connectivity index (χ0v) is 10.6. The Bertz CT molecular complexity index is 476. The monoisotopic (exact) mass is 232 g/mol. The second kappa shape index (κ2) is 5.73. The van der Waals surface area contributed by atoms with Crippen molar-refractivity contribution in [3.63, 3.8) is 0 Å². The lowest BCUT2D eigenvalue weighted by atomic mass is 10.2. The van der Waals surface area contributed by atoms with Gasteiger partial charge in [-0.2, -0.15) is 0 Å².